The maximum Gasteiger partial charge on any atom is 0.188 e. The maximum absolute atomic E-state index is 4.18. The molecule has 1 aliphatic heterocycles. The van der Waals surface area contributed by atoms with Gasteiger partial charge in [0, 0.05) is 6.04 Å². The second-order valence-electron chi connectivity index (χ2n) is 4.09. The predicted octanol–water partition coefficient (Wildman–Crippen LogP) is -0.606. The van der Waals surface area contributed by atoms with Gasteiger partial charge in [-0.15, -0.1) is 10.2 Å². The number of nitrogens with zero attached hydrogens (tertiary/aromatic N) is 5. The number of hydrogen-bond donors (Lipinski definition) is 1. The SMILES string of the molecule is CN(Cc1nnn(C)n1)C1CCNCC1. The molecule has 0 aliphatic carbocycles. The molecule has 0 radical (unpaired) electrons. The summed E-state index contributed by atoms with van der Waals surface area (Å²) in [5.74, 6) is 0.804. The molecular weight excluding hydrogens is 192 g/mol. The van der Waals surface area contributed by atoms with Crippen LogP contribution in [-0.2, 0) is 13.6 Å². The summed E-state index contributed by atoms with van der Waals surface area (Å²) in [5, 5.41) is 15.4. The van der Waals surface area contributed by atoms with E-state index in [-0.39, 0.29) is 0 Å². The van der Waals surface area contributed by atoms with Crippen LogP contribution in [0.25, 0.3) is 0 Å². The van der Waals surface area contributed by atoms with Crippen LogP contribution in [-0.4, -0.2) is 51.3 Å². The second kappa shape index (κ2) is 4.67. The first-order valence-electron chi connectivity index (χ1n) is 5.39. The van der Waals surface area contributed by atoms with Gasteiger partial charge in [0.15, 0.2) is 5.82 Å². The molecule has 15 heavy (non-hydrogen) atoms. The van der Waals surface area contributed by atoms with Crippen LogP contribution in [0.5, 0.6) is 0 Å². The lowest BCUT2D eigenvalue weighted by Gasteiger charge is -2.30. The number of aromatic nitrogens is 4. The van der Waals surface area contributed by atoms with Crippen molar-refractivity contribution in [3.8, 4) is 0 Å². The lowest BCUT2D eigenvalue weighted by molar-refractivity contribution is 0.187. The van der Waals surface area contributed by atoms with Gasteiger partial charge in [0.25, 0.3) is 0 Å². The molecule has 2 rings (SSSR count). The highest BCUT2D eigenvalue weighted by Gasteiger charge is 2.18. The first kappa shape index (κ1) is 10.5. The average Bonchev–Trinajstić information content (AvgIpc) is 2.65. The van der Waals surface area contributed by atoms with Gasteiger partial charge in [-0.3, -0.25) is 4.90 Å². The van der Waals surface area contributed by atoms with Crippen molar-refractivity contribution in [1.29, 1.82) is 0 Å². The minimum absolute atomic E-state index is 0.648. The molecule has 1 aromatic rings. The Morgan fingerprint density at radius 3 is 2.80 bits per heavy atom. The summed E-state index contributed by atoms with van der Waals surface area (Å²) in [6, 6.07) is 0.648. The van der Waals surface area contributed by atoms with Crippen LogP contribution in [0.4, 0.5) is 0 Å². The van der Waals surface area contributed by atoms with E-state index in [9.17, 15) is 0 Å². The van der Waals surface area contributed by atoms with Crippen molar-refractivity contribution < 1.29 is 0 Å². The molecule has 0 amide bonds. The van der Waals surface area contributed by atoms with E-state index in [1.165, 1.54) is 17.6 Å². The average molecular weight is 210 g/mol. The molecule has 0 aromatic carbocycles. The van der Waals surface area contributed by atoms with Crippen LogP contribution in [0.3, 0.4) is 0 Å². The van der Waals surface area contributed by atoms with E-state index in [1.54, 1.807) is 7.05 Å². The van der Waals surface area contributed by atoms with Crippen molar-refractivity contribution in [2.24, 2.45) is 7.05 Å². The Bertz CT molecular complexity index is 303. The van der Waals surface area contributed by atoms with Crippen molar-refractivity contribution in [1.82, 2.24) is 30.4 Å². The molecule has 1 aliphatic rings. The Morgan fingerprint density at radius 1 is 1.47 bits per heavy atom. The fourth-order valence-corrected chi connectivity index (χ4v) is 1.99. The van der Waals surface area contributed by atoms with E-state index in [0.29, 0.717) is 6.04 Å². The number of tetrazole rings is 1. The van der Waals surface area contributed by atoms with E-state index >= 15 is 0 Å². The zero-order valence-electron chi connectivity index (χ0n) is 9.35. The third-order valence-corrected chi connectivity index (χ3v) is 2.87. The van der Waals surface area contributed by atoms with Crippen molar-refractivity contribution in [2.45, 2.75) is 25.4 Å². The summed E-state index contributed by atoms with van der Waals surface area (Å²) < 4.78 is 0. The standard InChI is InChI=1S/C9H18N6/c1-14(8-3-5-10-6-4-8)7-9-11-13-15(2)12-9/h8,10H,3-7H2,1-2H3. The molecule has 6 nitrogen and oxygen atoms in total. The van der Waals surface area contributed by atoms with E-state index in [1.807, 2.05) is 0 Å². The molecule has 0 bridgehead atoms. The van der Waals surface area contributed by atoms with Gasteiger partial charge in [0.05, 0.1) is 13.6 Å². The Labute approximate surface area is 89.6 Å². The second-order valence-corrected chi connectivity index (χ2v) is 4.09. The molecule has 0 spiro atoms. The van der Waals surface area contributed by atoms with Gasteiger partial charge in [-0.05, 0) is 38.2 Å². The fraction of sp³-hybridized carbons (Fsp3) is 0.889. The highest BCUT2D eigenvalue weighted by Crippen LogP contribution is 2.11. The van der Waals surface area contributed by atoms with Gasteiger partial charge < -0.3 is 5.32 Å². The van der Waals surface area contributed by atoms with Crippen LogP contribution in [0.1, 0.15) is 18.7 Å². The maximum atomic E-state index is 4.18. The first-order chi connectivity index (χ1) is 7.25. The molecule has 0 atom stereocenters. The number of aryl methyl sites for hydroxylation is 1. The monoisotopic (exact) mass is 210 g/mol. The fourth-order valence-electron chi connectivity index (χ4n) is 1.99. The number of nitrogens with one attached hydrogen (secondary N) is 1. The lowest BCUT2D eigenvalue weighted by Crippen LogP contribution is -2.40. The third kappa shape index (κ3) is 2.73. The summed E-state index contributed by atoms with van der Waals surface area (Å²) in [5.41, 5.74) is 0. The number of hydrogen-bond acceptors (Lipinski definition) is 5. The molecule has 1 N–H and O–H groups in total. The van der Waals surface area contributed by atoms with Crippen molar-refractivity contribution in [3.05, 3.63) is 5.82 Å². The summed E-state index contributed by atoms with van der Waals surface area (Å²) in [4.78, 5) is 3.82. The van der Waals surface area contributed by atoms with Crippen LogP contribution in [0, 0.1) is 0 Å². The molecule has 6 heteroatoms. The largest absolute Gasteiger partial charge is 0.317 e. The Balaban J connectivity index is 1.88. The molecule has 2 heterocycles. The zero-order chi connectivity index (χ0) is 10.7. The van der Waals surface area contributed by atoms with Crippen LogP contribution in [0.2, 0.25) is 0 Å². The van der Waals surface area contributed by atoms with Gasteiger partial charge >= 0.3 is 0 Å². The summed E-state index contributed by atoms with van der Waals surface area (Å²) >= 11 is 0. The number of rotatable bonds is 3. The molecule has 1 saturated heterocycles. The minimum Gasteiger partial charge on any atom is -0.317 e. The molecule has 1 aromatic heterocycles. The summed E-state index contributed by atoms with van der Waals surface area (Å²) in [7, 11) is 3.92. The topological polar surface area (TPSA) is 58.9 Å². The molecule has 1 fully saturated rings. The Kier molecular flexibility index (Phi) is 3.27. The van der Waals surface area contributed by atoms with Gasteiger partial charge in [-0.25, -0.2) is 0 Å². The number of piperidine rings is 1. The van der Waals surface area contributed by atoms with Crippen molar-refractivity contribution in [3.63, 3.8) is 0 Å². The molecule has 0 unspecified atom stereocenters. The summed E-state index contributed by atoms with van der Waals surface area (Å²) in [6.07, 6.45) is 2.41. The smallest absolute Gasteiger partial charge is 0.188 e. The lowest BCUT2D eigenvalue weighted by atomic mass is 10.1. The van der Waals surface area contributed by atoms with E-state index < -0.39 is 0 Å². The first-order valence-corrected chi connectivity index (χ1v) is 5.39. The molecular formula is C9H18N6. The van der Waals surface area contributed by atoms with E-state index in [2.05, 4.69) is 32.7 Å². The van der Waals surface area contributed by atoms with Gasteiger partial charge in [0.1, 0.15) is 0 Å². The van der Waals surface area contributed by atoms with Crippen LogP contribution < -0.4 is 5.32 Å². The highest BCUT2D eigenvalue weighted by molar-refractivity contribution is 4.81. The molecule has 84 valence electrons. The van der Waals surface area contributed by atoms with Gasteiger partial charge in [-0.2, -0.15) is 4.80 Å². The normalized spacial score (nSPS) is 18.6. The van der Waals surface area contributed by atoms with Crippen LogP contribution >= 0.6 is 0 Å². The van der Waals surface area contributed by atoms with E-state index in [4.69, 9.17) is 0 Å². The van der Waals surface area contributed by atoms with Crippen LogP contribution in [0.15, 0.2) is 0 Å². The Hall–Kier alpha value is -1.01. The van der Waals surface area contributed by atoms with Gasteiger partial charge in [-0.1, -0.05) is 0 Å². The predicted molar refractivity (Wildman–Crippen MR) is 56.2 cm³/mol. The van der Waals surface area contributed by atoms with E-state index in [0.717, 1.165) is 25.5 Å². The Morgan fingerprint density at radius 2 is 2.20 bits per heavy atom. The summed E-state index contributed by atoms with van der Waals surface area (Å²) in [6.45, 7) is 3.02. The quantitative estimate of drug-likeness (QED) is 0.721. The van der Waals surface area contributed by atoms with Crippen molar-refractivity contribution >= 4 is 0 Å². The third-order valence-electron chi connectivity index (χ3n) is 2.87. The zero-order valence-corrected chi connectivity index (χ0v) is 9.35. The minimum atomic E-state index is 0.648. The molecule has 0 saturated carbocycles. The van der Waals surface area contributed by atoms with Crippen molar-refractivity contribution in [2.75, 3.05) is 20.1 Å². The highest BCUT2D eigenvalue weighted by atomic mass is 15.6. The van der Waals surface area contributed by atoms with Gasteiger partial charge in [0.2, 0.25) is 0 Å².